The van der Waals surface area contributed by atoms with Gasteiger partial charge in [0, 0.05) is 50.9 Å². The molecule has 0 unspecified atom stereocenters. The van der Waals surface area contributed by atoms with Gasteiger partial charge >= 0.3 is 5.97 Å². The van der Waals surface area contributed by atoms with E-state index in [-0.39, 0.29) is 5.97 Å². The fraction of sp³-hybridized carbons (Fsp3) is 0.500. The first-order chi connectivity index (χ1) is 11.1. The molecule has 0 radical (unpaired) electrons. The van der Waals surface area contributed by atoms with Gasteiger partial charge in [-0.15, -0.1) is 0 Å². The maximum absolute atomic E-state index is 11.8. The van der Waals surface area contributed by atoms with Gasteiger partial charge in [0.05, 0.1) is 19.6 Å². The number of carbonyl (C=O) groups is 1. The maximum atomic E-state index is 11.8. The van der Waals surface area contributed by atoms with Crippen LogP contribution in [0.1, 0.15) is 23.6 Å². The molecular weight excluding hydrogens is 292 g/mol. The second-order valence-corrected chi connectivity index (χ2v) is 6.09. The van der Waals surface area contributed by atoms with E-state index < -0.39 is 0 Å². The van der Waals surface area contributed by atoms with Crippen molar-refractivity contribution in [3.63, 3.8) is 0 Å². The van der Waals surface area contributed by atoms with Gasteiger partial charge in [0.15, 0.2) is 0 Å². The van der Waals surface area contributed by atoms with Crippen LogP contribution in [0.3, 0.4) is 0 Å². The molecule has 0 amide bonds. The first-order valence-corrected chi connectivity index (χ1v) is 8.09. The summed E-state index contributed by atoms with van der Waals surface area (Å²) in [5.74, 6) is -0.165. The summed E-state index contributed by atoms with van der Waals surface area (Å²) >= 11 is 0. The molecule has 1 aromatic carbocycles. The molecule has 0 atom stereocenters. The van der Waals surface area contributed by atoms with Gasteiger partial charge in [0.1, 0.15) is 0 Å². The van der Waals surface area contributed by atoms with Crippen molar-refractivity contribution in [1.82, 2.24) is 9.47 Å². The number of carbonyl (C=O) groups excluding carboxylic acids is 1. The van der Waals surface area contributed by atoms with Gasteiger partial charge < -0.3 is 14.0 Å². The van der Waals surface area contributed by atoms with Crippen LogP contribution in [0, 0.1) is 0 Å². The number of nitrogens with zero attached hydrogens (tertiary/aromatic N) is 2. The third-order valence-electron chi connectivity index (χ3n) is 4.43. The lowest BCUT2D eigenvalue weighted by atomic mass is 10.0. The molecule has 0 aliphatic carbocycles. The Kier molecular flexibility index (Phi) is 4.68. The standard InChI is InChI=1S/C18H24N2O3/c1-4-23-18(21)9-15-10-19(2)17-8-14-12-20(5-6-22-3)11-13(14)7-16(15)17/h7-8,10H,4-6,9,11-12H2,1-3H3. The lowest BCUT2D eigenvalue weighted by Gasteiger charge is -2.13. The summed E-state index contributed by atoms with van der Waals surface area (Å²) in [5, 5.41) is 1.16. The largest absolute Gasteiger partial charge is 0.466 e. The predicted molar refractivity (Wildman–Crippen MR) is 89.2 cm³/mol. The predicted octanol–water partition coefficient (Wildman–Crippen LogP) is 2.25. The van der Waals surface area contributed by atoms with Crippen LogP contribution >= 0.6 is 0 Å². The highest BCUT2D eigenvalue weighted by Crippen LogP contribution is 2.30. The summed E-state index contributed by atoms with van der Waals surface area (Å²) < 4.78 is 12.4. The molecule has 0 fully saturated rings. The van der Waals surface area contributed by atoms with Gasteiger partial charge in [-0.05, 0) is 35.7 Å². The van der Waals surface area contributed by atoms with E-state index in [9.17, 15) is 4.79 Å². The average Bonchev–Trinajstić information content (AvgIpc) is 3.04. The fourth-order valence-corrected chi connectivity index (χ4v) is 3.32. The second kappa shape index (κ2) is 6.72. The number of aryl methyl sites for hydroxylation is 1. The Hall–Kier alpha value is -1.85. The normalized spacial score (nSPS) is 14.4. The molecule has 1 aliphatic rings. The Morgan fingerprint density at radius 1 is 1.26 bits per heavy atom. The molecule has 2 heterocycles. The summed E-state index contributed by atoms with van der Waals surface area (Å²) in [6, 6.07) is 4.50. The number of rotatable bonds is 6. The Morgan fingerprint density at radius 2 is 2.00 bits per heavy atom. The van der Waals surface area contributed by atoms with Crippen molar-refractivity contribution in [3.05, 3.63) is 35.0 Å². The summed E-state index contributed by atoms with van der Waals surface area (Å²) in [6.45, 7) is 5.87. The smallest absolute Gasteiger partial charge is 0.310 e. The van der Waals surface area contributed by atoms with Gasteiger partial charge in [0.25, 0.3) is 0 Å². The molecule has 0 spiro atoms. The monoisotopic (exact) mass is 316 g/mol. The van der Waals surface area contributed by atoms with Crippen molar-refractivity contribution in [2.24, 2.45) is 7.05 Å². The van der Waals surface area contributed by atoms with Crippen LogP contribution in [0.2, 0.25) is 0 Å². The van der Waals surface area contributed by atoms with Crippen LogP contribution in [-0.4, -0.2) is 42.3 Å². The molecule has 5 nitrogen and oxygen atoms in total. The molecule has 1 aromatic heterocycles. The van der Waals surface area contributed by atoms with Crippen molar-refractivity contribution in [2.75, 3.05) is 26.9 Å². The highest BCUT2D eigenvalue weighted by atomic mass is 16.5. The Balaban J connectivity index is 1.88. The molecule has 5 heteroatoms. The van der Waals surface area contributed by atoms with Gasteiger partial charge in [-0.1, -0.05) is 0 Å². The van der Waals surface area contributed by atoms with Gasteiger partial charge in [-0.3, -0.25) is 9.69 Å². The first kappa shape index (κ1) is 16.0. The number of aromatic nitrogens is 1. The number of methoxy groups -OCH3 is 1. The van der Waals surface area contributed by atoms with Crippen molar-refractivity contribution in [1.29, 1.82) is 0 Å². The van der Waals surface area contributed by atoms with Gasteiger partial charge in [0.2, 0.25) is 0 Å². The van der Waals surface area contributed by atoms with E-state index in [2.05, 4.69) is 21.6 Å². The number of esters is 1. The highest BCUT2D eigenvalue weighted by Gasteiger charge is 2.21. The lowest BCUT2D eigenvalue weighted by Crippen LogP contribution is -2.21. The number of fused-ring (bicyclic) bond motifs is 2. The van der Waals surface area contributed by atoms with Crippen LogP contribution in [0.5, 0.6) is 0 Å². The Bertz CT molecular complexity index is 721. The molecule has 2 aromatic rings. The molecule has 0 saturated heterocycles. The van der Waals surface area contributed by atoms with Crippen molar-refractivity contribution in [3.8, 4) is 0 Å². The number of hydrogen-bond acceptors (Lipinski definition) is 4. The minimum atomic E-state index is -0.165. The molecular formula is C18H24N2O3. The van der Waals surface area contributed by atoms with Crippen LogP contribution < -0.4 is 0 Å². The average molecular weight is 316 g/mol. The minimum absolute atomic E-state index is 0.165. The number of ether oxygens (including phenoxy) is 2. The SMILES string of the molecule is CCOC(=O)Cc1cn(C)c2cc3c(cc12)CN(CCOC)C3. The Morgan fingerprint density at radius 3 is 2.70 bits per heavy atom. The second-order valence-electron chi connectivity index (χ2n) is 6.09. The van der Waals surface area contributed by atoms with E-state index in [1.807, 2.05) is 20.2 Å². The molecule has 124 valence electrons. The van der Waals surface area contributed by atoms with E-state index in [4.69, 9.17) is 9.47 Å². The highest BCUT2D eigenvalue weighted by molar-refractivity contribution is 5.89. The van der Waals surface area contributed by atoms with Gasteiger partial charge in [-0.2, -0.15) is 0 Å². The molecule has 0 bridgehead atoms. The zero-order chi connectivity index (χ0) is 16.4. The maximum Gasteiger partial charge on any atom is 0.310 e. The summed E-state index contributed by atoms with van der Waals surface area (Å²) in [6.07, 6.45) is 2.37. The molecule has 1 aliphatic heterocycles. The third kappa shape index (κ3) is 3.26. The summed E-state index contributed by atoms with van der Waals surface area (Å²) in [4.78, 5) is 14.2. The van der Waals surface area contributed by atoms with Gasteiger partial charge in [-0.25, -0.2) is 0 Å². The van der Waals surface area contributed by atoms with Crippen molar-refractivity contribution in [2.45, 2.75) is 26.4 Å². The molecule has 0 N–H and O–H groups in total. The topological polar surface area (TPSA) is 43.7 Å². The number of benzene rings is 1. The molecule has 23 heavy (non-hydrogen) atoms. The summed E-state index contributed by atoms with van der Waals surface area (Å²) in [7, 11) is 3.76. The van der Waals surface area contributed by atoms with Crippen LogP contribution in [0.4, 0.5) is 0 Å². The molecule has 0 saturated carbocycles. The Labute approximate surface area is 136 Å². The van der Waals surface area contributed by atoms with E-state index in [1.165, 1.54) is 16.6 Å². The van der Waals surface area contributed by atoms with E-state index in [0.29, 0.717) is 13.0 Å². The van der Waals surface area contributed by atoms with Crippen LogP contribution in [0.25, 0.3) is 10.9 Å². The van der Waals surface area contributed by atoms with E-state index >= 15 is 0 Å². The van der Waals surface area contributed by atoms with Crippen LogP contribution in [-0.2, 0) is 40.8 Å². The third-order valence-corrected chi connectivity index (χ3v) is 4.43. The number of hydrogen-bond donors (Lipinski definition) is 0. The van der Waals surface area contributed by atoms with Crippen molar-refractivity contribution < 1.29 is 14.3 Å². The van der Waals surface area contributed by atoms with Crippen LogP contribution in [0.15, 0.2) is 18.3 Å². The zero-order valence-corrected chi connectivity index (χ0v) is 14.1. The fourth-order valence-electron chi connectivity index (χ4n) is 3.32. The lowest BCUT2D eigenvalue weighted by molar-refractivity contribution is -0.142. The van der Waals surface area contributed by atoms with E-state index in [0.717, 1.165) is 37.2 Å². The quantitative estimate of drug-likeness (QED) is 0.767. The van der Waals surface area contributed by atoms with Crippen molar-refractivity contribution >= 4 is 16.9 Å². The van der Waals surface area contributed by atoms with E-state index in [1.54, 1.807) is 7.11 Å². The minimum Gasteiger partial charge on any atom is -0.466 e. The molecule has 3 rings (SSSR count). The zero-order valence-electron chi connectivity index (χ0n) is 14.1. The summed E-state index contributed by atoms with van der Waals surface area (Å²) in [5.41, 5.74) is 4.94. The first-order valence-electron chi connectivity index (χ1n) is 8.09.